The lowest BCUT2D eigenvalue weighted by Crippen LogP contribution is -2.39. The van der Waals surface area contributed by atoms with Gasteiger partial charge < -0.3 is 20.7 Å². The molecule has 1 saturated carbocycles. The Balaban J connectivity index is 1.46. The minimum Gasteiger partial charge on any atom is -0.497 e. The van der Waals surface area contributed by atoms with Gasteiger partial charge in [0.25, 0.3) is 0 Å². The molecular weight excluding hydrogens is 398 g/mol. The summed E-state index contributed by atoms with van der Waals surface area (Å²) in [6.07, 6.45) is 5.15. The van der Waals surface area contributed by atoms with Crippen LogP contribution in [0.15, 0.2) is 48.4 Å². The monoisotopic (exact) mass is 423 g/mol. The Hall–Kier alpha value is -3.13. The molecule has 1 amide bonds. The van der Waals surface area contributed by atoms with Crippen LogP contribution in [0.5, 0.6) is 5.75 Å². The summed E-state index contributed by atoms with van der Waals surface area (Å²) in [7, 11) is 1.65. The van der Waals surface area contributed by atoms with E-state index in [4.69, 9.17) is 9.72 Å². The molecule has 7 nitrogen and oxygen atoms in total. The van der Waals surface area contributed by atoms with Crippen LogP contribution in [-0.4, -0.2) is 35.1 Å². The van der Waals surface area contributed by atoms with Gasteiger partial charge in [-0.25, -0.2) is 4.98 Å². The first-order valence-electron chi connectivity index (χ1n) is 10.0. The number of methoxy groups -OCH3 is 1. The Labute approximate surface area is 179 Å². The van der Waals surface area contributed by atoms with Crippen LogP contribution in [0.4, 0.5) is 17.5 Å². The maximum absolute atomic E-state index is 11.5. The SMILES string of the molecule is C=CC(=O)NC1CCC(Nc2nc(Nc3ccc(OC)cc3)nc3ccsc23)CC1. The van der Waals surface area contributed by atoms with E-state index in [0.717, 1.165) is 53.2 Å². The topological polar surface area (TPSA) is 88.2 Å². The summed E-state index contributed by atoms with van der Waals surface area (Å²) in [5.74, 6) is 2.11. The number of thiophene rings is 1. The normalized spacial score (nSPS) is 18.6. The van der Waals surface area contributed by atoms with E-state index in [1.807, 2.05) is 35.7 Å². The highest BCUT2D eigenvalue weighted by Crippen LogP contribution is 2.31. The van der Waals surface area contributed by atoms with Crippen molar-refractivity contribution in [2.24, 2.45) is 0 Å². The number of ether oxygens (including phenoxy) is 1. The molecule has 0 spiro atoms. The Morgan fingerprint density at radius 3 is 2.57 bits per heavy atom. The highest BCUT2D eigenvalue weighted by atomic mass is 32.1. The van der Waals surface area contributed by atoms with Gasteiger partial charge in [-0.15, -0.1) is 11.3 Å². The number of amides is 1. The number of benzene rings is 1. The zero-order valence-corrected chi connectivity index (χ0v) is 17.7. The fourth-order valence-electron chi connectivity index (χ4n) is 3.66. The van der Waals surface area contributed by atoms with Gasteiger partial charge in [0.2, 0.25) is 11.9 Å². The van der Waals surface area contributed by atoms with Crippen molar-refractivity contribution in [2.75, 3.05) is 17.7 Å². The zero-order valence-electron chi connectivity index (χ0n) is 16.9. The molecule has 1 fully saturated rings. The first-order valence-corrected chi connectivity index (χ1v) is 10.9. The molecule has 0 saturated heterocycles. The van der Waals surface area contributed by atoms with E-state index < -0.39 is 0 Å². The first-order chi connectivity index (χ1) is 14.6. The quantitative estimate of drug-likeness (QED) is 0.486. The predicted octanol–water partition coefficient (Wildman–Crippen LogP) is 4.47. The largest absolute Gasteiger partial charge is 0.497 e. The van der Waals surface area contributed by atoms with E-state index in [1.54, 1.807) is 18.4 Å². The highest BCUT2D eigenvalue weighted by molar-refractivity contribution is 7.17. The molecule has 0 unspecified atom stereocenters. The van der Waals surface area contributed by atoms with Gasteiger partial charge in [-0.05, 0) is 67.5 Å². The summed E-state index contributed by atoms with van der Waals surface area (Å²) in [5.41, 5.74) is 1.82. The van der Waals surface area contributed by atoms with Gasteiger partial charge in [0.1, 0.15) is 11.6 Å². The summed E-state index contributed by atoms with van der Waals surface area (Å²) in [6, 6.07) is 10.2. The second-order valence-corrected chi connectivity index (χ2v) is 8.21. The molecule has 0 radical (unpaired) electrons. The lowest BCUT2D eigenvalue weighted by Gasteiger charge is -2.29. The lowest BCUT2D eigenvalue weighted by atomic mass is 9.91. The molecule has 2 heterocycles. The number of carbonyl (C=O) groups excluding carboxylic acids is 1. The number of fused-ring (bicyclic) bond motifs is 1. The van der Waals surface area contributed by atoms with Crippen molar-refractivity contribution < 1.29 is 9.53 Å². The Kier molecular flexibility index (Phi) is 6.13. The van der Waals surface area contributed by atoms with Gasteiger partial charge in [0.05, 0.1) is 17.3 Å². The number of carbonyl (C=O) groups is 1. The first kappa shape index (κ1) is 20.2. The minimum absolute atomic E-state index is 0.100. The smallest absolute Gasteiger partial charge is 0.243 e. The molecule has 8 heteroatoms. The number of nitrogens with zero attached hydrogens (tertiary/aromatic N) is 2. The van der Waals surface area contributed by atoms with Crippen molar-refractivity contribution in [3.8, 4) is 5.75 Å². The molecule has 1 aliphatic rings. The van der Waals surface area contributed by atoms with E-state index in [1.165, 1.54) is 6.08 Å². The Morgan fingerprint density at radius 2 is 1.87 bits per heavy atom. The fourth-order valence-corrected chi connectivity index (χ4v) is 4.44. The van der Waals surface area contributed by atoms with Crippen LogP contribution in [0.3, 0.4) is 0 Å². The molecule has 0 bridgehead atoms. The number of nitrogens with one attached hydrogen (secondary N) is 3. The van der Waals surface area contributed by atoms with Gasteiger partial charge in [0, 0.05) is 17.8 Å². The van der Waals surface area contributed by atoms with Crippen molar-refractivity contribution in [3.63, 3.8) is 0 Å². The molecule has 156 valence electrons. The second-order valence-electron chi connectivity index (χ2n) is 7.29. The van der Waals surface area contributed by atoms with E-state index in [0.29, 0.717) is 12.0 Å². The minimum atomic E-state index is -0.100. The van der Waals surface area contributed by atoms with Crippen LogP contribution in [-0.2, 0) is 4.79 Å². The molecule has 1 aromatic carbocycles. The zero-order chi connectivity index (χ0) is 20.9. The van der Waals surface area contributed by atoms with Gasteiger partial charge in [-0.2, -0.15) is 4.98 Å². The van der Waals surface area contributed by atoms with Crippen LogP contribution in [0.2, 0.25) is 0 Å². The molecule has 3 aromatic rings. The van der Waals surface area contributed by atoms with E-state index in [-0.39, 0.29) is 11.9 Å². The maximum Gasteiger partial charge on any atom is 0.243 e. The molecule has 2 aromatic heterocycles. The number of aromatic nitrogens is 2. The van der Waals surface area contributed by atoms with E-state index in [2.05, 4.69) is 27.5 Å². The summed E-state index contributed by atoms with van der Waals surface area (Å²) < 4.78 is 6.26. The average Bonchev–Trinajstić information content (AvgIpc) is 3.24. The fraction of sp³-hybridized carbons (Fsp3) is 0.318. The van der Waals surface area contributed by atoms with Gasteiger partial charge in [0.15, 0.2) is 0 Å². The van der Waals surface area contributed by atoms with Crippen molar-refractivity contribution in [2.45, 2.75) is 37.8 Å². The molecule has 0 atom stereocenters. The van der Waals surface area contributed by atoms with Gasteiger partial charge in [-0.3, -0.25) is 4.79 Å². The Morgan fingerprint density at radius 1 is 1.13 bits per heavy atom. The average molecular weight is 424 g/mol. The predicted molar refractivity (Wildman–Crippen MR) is 122 cm³/mol. The number of rotatable bonds is 7. The molecular formula is C22H25N5O2S. The third-order valence-electron chi connectivity index (χ3n) is 5.25. The second kappa shape index (κ2) is 9.13. The van der Waals surface area contributed by atoms with Gasteiger partial charge >= 0.3 is 0 Å². The molecule has 1 aliphatic carbocycles. The summed E-state index contributed by atoms with van der Waals surface area (Å²) in [6.45, 7) is 3.52. The standard InChI is InChI=1S/C22H25N5O2S/c1-3-19(28)23-14-4-6-15(7-5-14)24-21-20-18(12-13-30-20)26-22(27-21)25-16-8-10-17(29-2)11-9-16/h3,8-15H,1,4-7H2,2H3,(H,23,28)(H2,24,25,26,27). The highest BCUT2D eigenvalue weighted by Gasteiger charge is 2.23. The van der Waals surface area contributed by atoms with Crippen LogP contribution >= 0.6 is 11.3 Å². The van der Waals surface area contributed by atoms with Crippen LogP contribution in [0.1, 0.15) is 25.7 Å². The van der Waals surface area contributed by atoms with E-state index >= 15 is 0 Å². The summed E-state index contributed by atoms with van der Waals surface area (Å²) in [4.78, 5) is 20.9. The summed E-state index contributed by atoms with van der Waals surface area (Å²) >= 11 is 1.63. The van der Waals surface area contributed by atoms with E-state index in [9.17, 15) is 4.79 Å². The number of hydrogen-bond donors (Lipinski definition) is 3. The number of anilines is 3. The molecule has 30 heavy (non-hydrogen) atoms. The van der Waals surface area contributed by atoms with Crippen LogP contribution in [0, 0.1) is 0 Å². The lowest BCUT2D eigenvalue weighted by molar-refractivity contribution is -0.117. The van der Waals surface area contributed by atoms with Crippen molar-refractivity contribution in [3.05, 3.63) is 48.4 Å². The summed E-state index contributed by atoms with van der Waals surface area (Å²) in [5, 5.41) is 11.9. The van der Waals surface area contributed by atoms with Crippen molar-refractivity contribution in [1.29, 1.82) is 0 Å². The van der Waals surface area contributed by atoms with Crippen molar-refractivity contribution in [1.82, 2.24) is 15.3 Å². The number of hydrogen-bond acceptors (Lipinski definition) is 7. The van der Waals surface area contributed by atoms with Crippen molar-refractivity contribution >= 4 is 44.9 Å². The third-order valence-corrected chi connectivity index (χ3v) is 6.16. The van der Waals surface area contributed by atoms with Gasteiger partial charge in [-0.1, -0.05) is 6.58 Å². The molecule has 3 N–H and O–H groups in total. The third kappa shape index (κ3) is 4.71. The molecule has 4 rings (SSSR count). The Bertz CT molecular complexity index is 1030. The molecule has 0 aliphatic heterocycles. The maximum atomic E-state index is 11.5. The van der Waals surface area contributed by atoms with Crippen LogP contribution < -0.4 is 20.7 Å². The van der Waals surface area contributed by atoms with Crippen LogP contribution in [0.25, 0.3) is 10.2 Å².